The van der Waals surface area contributed by atoms with Crippen LogP contribution in [0, 0.1) is 27.2 Å². The third kappa shape index (κ3) is 4.16. The maximum absolute atomic E-state index is 11.2. The van der Waals surface area contributed by atoms with Crippen molar-refractivity contribution in [2.45, 2.75) is 16.7 Å². The summed E-state index contributed by atoms with van der Waals surface area (Å²) >= 11 is 1.28. The van der Waals surface area contributed by atoms with Crippen molar-refractivity contribution in [3.8, 4) is 0 Å². The molecule has 0 fully saturated rings. The van der Waals surface area contributed by atoms with E-state index in [9.17, 15) is 20.2 Å². The Balaban J connectivity index is 2.32. The first-order valence-electron chi connectivity index (χ1n) is 6.30. The van der Waals surface area contributed by atoms with Gasteiger partial charge in [-0.1, -0.05) is 35.5 Å². The first-order chi connectivity index (χ1) is 10.5. The number of benzene rings is 2. The van der Waals surface area contributed by atoms with Crippen LogP contribution in [0.25, 0.3) is 6.08 Å². The van der Waals surface area contributed by atoms with Gasteiger partial charge in [-0.3, -0.25) is 20.2 Å². The highest BCUT2D eigenvalue weighted by atomic mass is 32.2. The summed E-state index contributed by atoms with van der Waals surface area (Å²) in [6.07, 6.45) is 1.99. The van der Waals surface area contributed by atoms with Gasteiger partial charge in [0.15, 0.2) is 0 Å². The average Bonchev–Trinajstić information content (AvgIpc) is 2.48. The first kappa shape index (κ1) is 15.7. The number of nitrogens with zero attached hydrogens (tertiary/aromatic N) is 2. The topological polar surface area (TPSA) is 86.3 Å². The van der Waals surface area contributed by atoms with Crippen LogP contribution >= 0.6 is 11.8 Å². The van der Waals surface area contributed by atoms with Gasteiger partial charge in [0, 0.05) is 17.0 Å². The number of hydrogen-bond acceptors (Lipinski definition) is 5. The molecule has 0 aliphatic rings. The van der Waals surface area contributed by atoms with Crippen molar-refractivity contribution in [3.05, 3.63) is 80.0 Å². The van der Waals surface area contributed by atoms with E-state index in [4.69, 9.17) is 0 Å². The Labute approximate surface area is 130 Å². The zero-order chi connectivity index (χ0) is 16.1. The van der Waals surface area contributed by atoms with Crippen molar-refractivity contribution in [2.24, 2.45) is 0 Å². The van der Waals surface area contributed by atoms with E-state index >= 15 is 0 Å². The van der Waals surface area contributed by atoms with Gasteiger partial charge in [0.25, 0.3) is 5.69 Å². The normalized spacial score (nSPS) is 10.8. The van der Waals surface area contributed by atoms with E-state index in [0.29, 0.717) is 10.5 Å². The third-order valence-corrected chi connectivity index (χ3v) is 3.89. The summed E-state index contributed by atoms with van der Waals surface area (Å²) in [6, 6.07) is 12.2. The van der Waals surface area contributed by atoms with E-state index in [1.807, 2.05) is 31.2 Å². The number of hydrogen-bond donors (Lipinski definition) is 0. The van der Waals surface area contributed by atoms with Gasteiger partial charge in [-0.25, -0.2) is 0 Å². The van der Waals surface area contributed by atoms with Gasteiger partial charge in [-0.15, -0.1) is 0 Å². The van der Waals surface area contributed by atoms with E-state index in [-0.39, 0.29) is 5.69 Å². The lowest BCUT2D eigenvalue weighted by molar-refractivity contribution is -0.401. The second-order valence-corrected chi connectivity index (χ2v) is 5.62. The van der Waals surface area contributed by atoms with Crippen molar-refractivity contribution in [3.63, 3.8) is 0 Å². The molecular weight excluding hydrogens is 304 g/mol. The lowest BCUT2D eigenvalue weighted by Crippen LogP contribution is -1.92. The monoisotopic (exact) mass is 316 g/mol. The smallest absolute Gasteiger partial charge is 0.259 e. The van der Waals surface area contributed by atoms with Crippen LogP contribution in [-0.2, 0) is 0 Å². The van der Waals surface area contributed by atoms with Crippen LogP contribution in [0.5, 0.6) is 0 Å². The fourth-order valence-corrected chi connectivity index (χ4v) is 2.65. The van der Waals surface area contributed by atoms with Gasteiger partial charge in [0.05, 0.1) is 14.7 Å². The molecule has 6 nitrogen and oxygen atoms in total. The highest BCUT2D eigenvalue weighted by Crippen LogP contribution is 2.35. The van der Waals surface area contributed by atoms with Crippen LogP contribution in [0.15, 0.2) is 58.5 Å². The van der Waals surface area contributed by atoms with Gasteiger partial charge in [-0.05, 0) is 30.7 Å². The van der Waals surface area contributed by atoms with Crippen LogP contribution in [0.2, 0.25) is 0 Å². The van der Waals surface area contributed by atoms with E-state index in [1.54, 1.807) is 12.1 Å². The Morgan fingerprint density at radius 2 is 1.73 bits per heavy atom. The molecule has 2 aromatic carbocycles. The molecule has 112 valence electrons. The van der Waals surface area contributed by atoms with Gasteiger partial charge in [-0.2, -0.15) is 0 Å². The fourth-order valence-electron chi connectivity index (χ4n) is 1.75. The van der Waals surface area contributed by atoms with Crippen molar-refractivity contribution < 1.29 is 9.85 Å². The van der Waals surface area contributed by atoms with Gasteiger partial charge in [0.2, 0.25) is 6.20 Å². The predicted octanol–water partition coefficient (Wildman–Crippen LogP) is 4.30. The maximum atomic E-state index is 11.2. The highest BCUT2D eigenvalue weighted by molar-refractivity contribution is 7.99. The Bertz CT molecular complexity index is 742. The fraction of sp³-hybridized carbons (Fsp3) is 0.0667. The second kappa shape index (κ2) is 6.86. The molecule has 0 radical (unpaired) electrons. The van der Waals surface area contributed by atoms with Crippen molar-refractivity contribution in [2.75, 3.05) is 0 Å². The molecule has 2 aromatic rings. The van der Waals surface area contributed by atoms with Crippen molar-refractivity contribution in [1.82, 2.24) is 0 Å². The molecule has 0 heterocycles. The molecule has 0 aliphatic carbocycles. The Morgan fingerprint density at radius 3 is 2.32 bits per heavy atom. The molecule has 2 rings (SSSR count). The standard InChI is InChI=1S/C15H12N2O4S/c1-11-2-5-13(6-3-11)22-15-7-4-12(8-9-16(18)19)10-14(15)17(20)21/h2-10H,1H3. The minimum Gasteiger partial charge on any atom is -0.259 e. The van der Waals surface area contributed by atoms with Gasteiger partial charge < -0.3 is 0 Å². The largest absolute Gasteiger partial charge is 0.283 e. The van der Waals surface area contributed by atoms with Gasteiger partial charge >= 0.3 is 0 Å². The number of rotatable bonds is 5. The zero-order valence-corrected chi connectivity index (χ0v) is 12.4. The first-order valence-corrected chi connectivity index (χ1v) is 7.12. The number of nitro benzene ring substituents is 1. The predicted molar refractivity (Wildman–Crippen MR) is 84.4 cm³/mol. The molecule has 22 heavy (non-hydrogen) atoms. The maximum Gasteiger partial charge on any atom is 0.283 e. The van der Waals surface area contributed by atoms with Crippen molar-refractivity contribution >= 4 is 23.5 Å². The SMILES string of the molecule is Cc1ccc(Sc2ccc(C=C[N+](=O)[O-])cc2[N+](=O)[O-])cc1. The molecule has 0 N–H and O–H groups in total. The minimum absolute atomic E-state index is 0.0731. The van der Waals surface area contributed by atoms with Crippen LogP contribution in [-0.4, -0.2) is 9.85 Å². The summed E-state index contributed by atoms with van der Waals surface area (Å²) in [7, 11) is 0. The molecule has 0 saturated carbocycles. The number of nitro groups is 2. The Kier molecular flexibility index (Phi) is 4.90. The molecule has 0 aromatic heterocycles. The molecule has 0 unspecified atom stereocenters. The van der Waals surface area contributed by atoms with E-state index in [2.05, 4.69) is 0 Å². The Hall–Kier alpha value is -2.67. The molecule has 0 spiro atoms. The quantitative estimate of drug-likeness (QED) is 0.606. The average molecular weight is 316 g/mol. The second-order valence-electron chi connectivity index (χ2n) is 4.50. The summed E-state index contributed by atoms with van der Waals surface area (Å²) in [5.74, 6) is 0. The lowest BCUT2D eigenvalue weighted by Gasteiger charge is -2.04. The van der Waals surface area contributed by atoms with E-state index < -0.39 is 9.85 Å². The highest BCUT2D eigenvalue weighted by Gasteiger charge is 2.15. The molecule has 7 heteroatoms. The van der Waals surface area contributed by atoms with E-state index in [1.165, 1.54) is 23.9 Å². The van der Waals surface area contributed by atoms with Crippen LogP contribution in [0.1, 0.15) is 11.1 Å². The van der Waals surface area contributed by atoms with Crippen LogP contribution in [0.4, 0.5) is 5.69 Å². The summed E-state index contributed by atoms with van der Waals surface area (Å²) in [4.78, 5) is 21.8. The van der Waals surface area contributed by atoms with Gasteiger partial charge in [0.1, 0.15) is 0 Å². The van der Waals surface area contributed by atoms with Crippen LogP contribution in [0.3, 0.4) is 0 Å². The zero-order valence-electron chi connectivity index (χ0n) is 11.6. The minimum atomic E-state index is -0.610. The van der Waals surface area contributed by atoms with Crippen LogP contribution < -0.4 is 0 Å². The molecule has 0 aliphatic heterocycles. The molecule has 0 saturated heterocycles. The third-order valence-electron chi connectivity index (χ3n) is 2.82. The molecular formula is C15H12N2O4S. The molecule has 0 bridgehead atoms. The lowest BCUT2D eigenvalue weighted by atomic mass is 10.2. The molecule has 0 amide bonds. The summed E-state index contributed by atoms with van der Waals surface area (Å²) < 4.78 is 0. The summed E-state index contributed by atoms with van der Waals surface area (Å²) in [6.45, 7) is 1.97. The number of aryl methyl sites for hydroxylation is 1. The van der Waals surface area contributed by atoms with E-state index in [0.717, 1.165) is 16.7 Å². The molecule has 0 atom stereocenters. The summed E-state index contributed by atoms with van der Waals surface area (Å²) in [5.41, 5.74) is 1.45. The summed E-state index contributed by atoms with van der Waals surface area (Å²) in [5, 5.41) is 21.5. The van der Waals surface area contributed by atoms with Crippen molar-refractivity contribution in [1.29, 1.82) is 0 Å². The Morgan fingerprint density at radius 1 is 1.05 bits per heavy atom.